The Kier molecular flexibility index (Phi) is 4.36. The molecule has 0 bridgehead atoms. The van der Waals surface area contributed by atoms with E-state index in [2.05, 4.69) is 35.4 Å². The minimum Gasteiger partial charge on any atom is -0.385 e. The van der Waals surface area contributed by atoms with E-state index in [1.54, 1.807) is 19.6 Å². The van der Waals surface area contributed by atoms with Crippen LogP contribution in [0.1, 0.15) is 6.92 Å². The number of nitrogens with zero attached hydrogens (tertiary/aromatic N) is 2. The van der Waals surface area contributed by atoms with E-state index in [-0.39, 0.29) is 0 Å². The van der Waals surface area contributed by atoms with Crippen LogP contribution < -0.4 is 5.32 Å². The highest BCUT2D eigenvalue weighted by Crippen LogP contribution is 2.14. The van der Waals surface area contributed by atoms with Gasteiger partial charge in [-0.25, -0.2) is 4.98 Å². The van der Waals surface area contributed by atoms with Gasteiger partial charge in [-0.3, -0.25) is 0 Å². The van der Waals surface area contributed by atoms with Crippen LogP contribution in [0.5, 0.6) is 0 Å². The summed E-state index contributed by atoms with van der Waals surface area (Å²) in [4.78, 5) is 4.05. The first-order chi connectivity index (χ1) is 8.79. The maximum atomic E-state index is 5.12. The highest BCUT2D eigenvalue weighted by atomic mass is 16.5. The molecule has 0 fully saturated rings. The maximum Gasteiger partial charge on any atom is 0.0991 e. The number of aromatic nitrogens is 2. The molecule has 4 nitrogen and oxygen atoms in total. The van der Waals surface area contributed by atoms with Crippen LogP contribution >= 0.6 is 0 Å². The van der Waals surface area contributed by atoms with E-state index in [9.17, 15) is 0 Å². The van der Waals surface area contributed by atoms with Crippen LogP contribution in [0.15, 0.2) is 43.0 Å². The van der Waals surface area contributed by atoms with Gasteiger partial charge in [-0.1, -0.05) is 13.0 Å². The number of hydrogen-bond donors (Lipinski definition) is 1. The fourth-order valence-corrected chi connectivity index (χ4v) is 1.82. The van der Waals surface area contributed by atoms with Crippen molar-refractivity contribution in [3.05, 3.63) is 43.0 Å². The number of imidazole rings is 1. The number of nitrogens with one attached hydrogen (secondary N) is 1. The molecule has 0 spiro atoms. The summed E-state index contributed by atoms with van der Waals surface area (Å²) in [6.45, 7) is 3.84. The molecular weight excluding hydrogens is 226 g/mol. The minimum absolute atomic E-state index is 0.493. The zero-order valence-electron chi connectivity index (χ0n) is 10.8. The Morgan fingerprint density at radius 2 is 2.33 bits per heavy atom. The number of rotatable bonds is 6. The van der Waals surface area contributed by atoms with Gasteiger partial charge in [-0.2, -0.15) is 0 Å². The highest BCUT2D eigenvalue weighted by molar-refractivity contribution is 5.51. The van der Waals surface area contributed by atoms with Crippen LogP contribution in [-0.4, -0.2) is 29.8 Å². The molecule has 1 aromatic heterocycles. The average Bonchev–Trinajstić information content (AvgIpc) is 2.91. The van der Waals surface area contributed by atoms with Crippen LogP contribution in [0.3, 0.4) is 0 Å². The number of methoxy groups -OCH3 is 1. The summed E-state index contributed by atoms with van der Waals surface area (Å²) < 4.78 is 7.11. The summed E-state index contributed by atoms with van der Waals surface area (Å²) >= 11 is 0. The first-order valence-corrected chi connectivity index (χ1v) is 6.11. The molecule has 1 aromatic carbocycles. The van der Waals surface area contributed by atoms with Gasteiger partial charge >= 0.3 is 0 Å². The summed E-state index contributed by atoms with van der Waals surface area (Å²) in [6, 6.07) is 8.28. The van der Waals surface area contributed by atoms with Crippen molar-refractivity contribution in [2.24, 2.45) is 5.92 Å². The Bertz CT molecular complexity index is 468. The number of ether oxygens (including phenoxy) is 1. The van der Waals surface area contributed by atoms with Gasteiger partial charge in [-0.15, -0.1) is 0 Å². The molecule has 2 aromatic rings. The number of benzene rings is 1. The molecule has 1 atom stereocenters. The van der Waals surface area contributed by atoms with Crippen LogP contribution in [-0.2, 0) is 4.74 Å². The molecule has 1 unspecified atom stereocenters. The Labute approximate surface area is 108 Å². The van der Waals surface area contributed by atoms with E-state index >= 15 is 0 Å². The molecule has 0 saturated carbocycles. The minimum atomic E-state index is 0.493. The second-order valence-corrected chi connectivity index (χ2v) is 4.46. The van der Waals surface area contributed by atoms with Gasteiger partial charge in [0.15, 0.2) is 0 Å². The summed E-state index contributed by atoms with van der Waals surface area (Å²) in [5, 5.41) is 3.42. The molecular formula is C14H19N3O. The van der Waals surface area contributed by atoms with Crippen LogP contribution in [0.2, 0.25) is 0 Å². The van der Waals surface area contributed by atoms with Gasteiger partial charge < -0.3 is 14.6 Å². The standard InChI is InChI=1S/C14H19N3O/c1-12(10-18-2)9-16-13-4-3-5-14(8-13)17-7-6-15-11-17/h3-8,11-12,16H,9-10H2,1-2H3. The van der Waals surface area contributed by atoms with E-state index in [4.69, 9.17) is 4.74 Å². The second kappa shape index (κ2) is 6.21. The summed E-state index contributed by atoms with van der Waals surface area (Å²) in [7, 11) is 1.73. The van der Waals surface area contributed by atoms with E-state index in [1.165, 1.54) is 0 Å². The second-order valence-electron chi connectivity index (χ2n) is 4.46. The van der Waals surface area contributed by atoms with E-state index in [0.717, 1.165) is 24.5 Å². The van der Waals surface area contributed by atoms with Gasteiger partial charge in [0.2, 0.25) is 0 Å². The molecule has 4 heteroatoms. The fourth-order valence-electron chi connectivity index (χ4n) is 1.82. The van der Waals surface area contributed by atoms with E-state index in [0.29, 0.717) is 5.92 Å². The molecule has 0 saturated heterocycles. The molecule has 18 heavy (non-hydrogen) atoms. The lowest BCUT2D eigenvalue weighted by molar-refractivity contribution is 0.164. The zero-order valence-corrected chi connectivity index (χ0v) is 10.8. The molecule has 2 rings (SSSR count). The Hall–Kier alpha value is -1.81. The van der Waals surface area contributed by atoms with Gasteiger partial charge in [-0.05, 0) is 24.1 Å². The van der Waals surface area contributed by atoms with Crippen molar-refractivity contribution in [2.75, 3.05) is 25.6 Å². The summed E-state index contributed by atoms with van der Waals surface area (Å²) in [5.74, 6) is 0.493. The molecule has 1 N–H and O–H groups in total. The first kappa shape index (κ1) is 12.6. The Morgan fingerprint density at radius 1 is 1.44 bits per heavy atom. The monoisotopic (exact) mass is 245 g/mol. The van der Waals surface area contributed by atoms with Gasteiger partial charge in [0.05, 0.1) is 12.9 Å². The van der Waals surface area contributed by atoms with Crippen molar-refractivity contribution in [3.8, 4) is 5.69 Å². The third-order valence-electron chi connectivity index (χ3n) is 2.75. The van der Waals surface area contributed by atoms with E-state index in [1.807, 2.05) is 16.8 Å². The van der Waals surface area contributed by atoms with Crippen molar-refractivity contribution in [1.82, 2.24) is 9.55 Å². The van der Waals surface area contributed by atoms with Crippen molar-refractivity contribution in [1.29, 1.82) is 0 Å². The van der Waals surface area contributed by atoms with Gasteiger partial charge in [0, 0.05) is 37.4 Å². The quantitative estimate of drug-likeness (QED) is 0.850. The smallest absolute Gasteiger partial charge is 0.0991 e. The average molecular weight is 245 g/mol. The van der Waals surface area contributed by atoms with Gasteiger partial charge in [0.25, 0.3) is 0 Å². The third kappa shape index (κ3) is 3.34. The largest absolute Gasteiger partial charge is 0.385 e. The number of hydrogen-bond acceptors (Lipinski definition) is 3. The number of anilines is 1. The zero-order chi connectivity index (χ0) is 12.8. The lowest BCUT2D eigenvalue weighted by atomic mass is 10.2. The predicted molar refractivity (Wildman–Crippen MR) is 73.1 cm³/mol. The van der Waals surface area contributed by atoms with Crippen LogP contribution in [0.25, 0.3) is 5.69 Å². The van der Waals surface area contributed by atoms with Crippen LogP contribution in [0.4, 0.5) is 5.69 Å². The Balaban J connectivity index is 2.00. The summed E-state index contributed by atoms with van der Waals surface area (Å²) in [6.07, 6.45) is 5.51. The fraction of sp³-hybridized carbons (Fsp3) is 0.357. The lowest BCUT2D eigenvalue weighted by Crippen LogP contribution is -2.15. The normalized spacial score (nSPS) is 12.3. The Morgan fingerprint density at radius 3 is 3.06 bits per heavy atom. The lowest BCUT2D eigenvalue weighted by Gasteiger charge is -2.13. The molecule has 0 amide bonds. The summed E-state index contributed by atoms with van der Waals surface area (Å²) in [5.41, 5.74) is 2.22. The third-order valence-corrected chi connectivity index (χ3v) is 2.75. The molecule has 0 aliphatic rings. The van der Waals surface area contributed by atoms with Crippen molar-refractivity contribution >= 4 is 5.69 Å². The van der Waals surface area contributed by atoms with Gasteiger partial charge in [0.1, 0.15) is 0 Å². The predicted octanol–water partition coefficient (Wildman–Crippen LogP) is 2.57. The first-order valence-electron chi connectivity index (χ1n) is 6.11. The highest BCUT2D eigenvalue weighted by Gasteiger charge is 2.02. The molecule has 1 heterocycles. The maximum absolute atomic E-state index is 5.12. The molecule has 96 valence electrons. The molecule has 0 aliphatic heterocycles. The molecule has 0 radical (unpaired) electrons. The van der Waals surface area contributed by atoms with E-state index < -0.39 is 0 Å². The van der Waals surface area contributed by atoms with Crippen molar-refractivity contribution < 1.29 is 4.74 Å². The topological polar surface area (TPSA) is 39.1 Å². The van der Waals surface area contributed by atoms with Crippen molar-refractivity contribution in [2.45, 2.75) is 6.92 Å². The molecule has 0 aliphatic carbocycles. The SMILES string of the molecule is COCC(C)CNc1cccc(-n2ccnc2)c1. The van der Waals surface area contributed by atoms with Crippen LogP contribution in [0, 0.1) is 5.92 Å². The van der Waals surface area contributed by atoms with Crippen molar-refractivity contribution in [3.63, 3.8) is 0 Å².